The minimum atomic E-state index is -0.235. The second-order valence-corrected chi connectivity index (χ2v) is 9.36. The molecule has 1 amide bonds. The van der Waals surface area contributed by atoms with Crippen LogP contribution in [0.3, 0.4) is 0 Å². The molecule has 154 valence electrons. The predicted octanol–water partition coefficient (Wildman–Crippen LogP) is 4.11. The molecule has 0 spiro atoms. The van der Waals surface area contributed by atoms with Crippen LogP contribution in [0.15, 0.2) is 60.7 Å². The van der Waals surface area contributed by atoms with Crippen LogP contribution in [-0.2, 0) is 24.2 Å². The molecule has 0 radical (unpaired) electrons. The van der Waals surface area contributed by atoms with Crippen molar-refractivity contribution in [1.82, 2.24) is 14.8 Å². The van der Waals surface area contributed by atoms with Gasteiger partial charge >= 0.3 is 0 Å². The van der Waals surface area contributed by atoms with Crippen LogP contribution in [0.2, 0.25) is 0 Å². The summed E-state index contributed by atoms with van der Waals surface area (Å²) in [6.45, 7) is 4.29. The number of fused-ring (bicyclic) bond motifs is 1. The molecule has 0 N–H and O–H groups in total. The summed E-state index contributed by atoms with van der Waals surface area (Å²) in [5.41, 5.74) is 3.46. The Morgan fingerprint density at radius 3 is 2.13 bits per heavy atom. The van der Waals surface area contributed by atoms with E-state index in [1.807, 2.05) is 52.6 Å². The second-order valence-electron chi connectivity index (χ2n) is 8.19. The van der Waals surface area contributed by atoms with Crippen LogP contribution in [0, 0.1) is 0 Å². The van der Waals surface area contributed by atoms with E-state index in [0.717, 1.165) is 50.3 Å². The van der Waals surface area contributed by atoms with Crippen molar-refractivity contribution in [2.45, 2.75) is 31.7 Å². The molecule has 2 heterocycles. The Morgan fingerprint density at radius 1 is 0.900 bits per heavy atom. The molecule has 1 fully saturated rings. The van der Waals surface area contributed by atoms with E-state index in [4.69, 9.17) is 4.98 Å². The Bertz CT molecular complexity index is 933. The molecule has 1 aromatic heterocycles. The van der Waals surface area contributed by atoms with Crippen LogP contribution in [0.4, 0.5) is 0 Å². The van der Waals surface area contributed by atoms with Gasteiger partial charge in [0.2, 0.25) is 5.91 Å². The number of hydrogen-bond donors (Lipinski definition) is 0. The lowest BCUT2D eigenvalue weighted by molar-refractivity contribution is -0.133. The van der Waals surface area contributed by atoms with E-state index in [1.54, 1.807) is 0 Å². The number of aromatic nitrogens is 1. The Kier molecular flexibility index (Phi) is 5.65. The average molecular weight is 418 g/mol. The van der Waals surface area contributed by atoms with Gasteiger partial charge in [-0.3, -0.25) is 9.69 Å². The van der Waals surface area contributed by atoms with Crippen molar-refractivity contribution >= 4 is 17.2 Å². The topological polar surface area (TPSA) is 36.4 Å². The van der Waals surface area contributed by atoms with E-state index in [0.29, 0.717) is 0 Å². The molecule has 1 aliphatic carbocycles. The van der Waals surface area contributed by atoms with Gasteiger partial charge in [-0.2, -0.15) is 0 Å². The largest absolute Gasteiger partial charge is 0.339 e. The molecule has 4 nitrogen and oxygen atoms in total. The minimum absolute atomic E-state index is 0.209. The van der Waals surface area contributed by atoms with E-state index in [2.05, 4.69) is 29.2 Å². The molecule has 30 heavy (non-hydrogen) atoms. The zero-order valence-corrected chi connectivity index (χ0v) is 18.0. The summed E-state index contributed by atoms with van der Waals surface area (Å²) in [5.74, 6) is -0.0267. The van der Waals surface area contributed by atoms with Crippen LogP contribution in [0.25, 0.3) is 0 Å². The summed E-state index contributed by atoms with van der Waals surface area (Å²) < 4.78 is 0. The molecule has 5 heteroatoms. The lowest BCUT2D eigenvalue weighted by Crippen LogP contribution is -2.49. The molecule has 5 rings (SSSR count). The Balaban J connectivity index is 1.26. The third-order valence-corrected chi connectivity index (χ3v) is 7.34. The van der Waals surface area contributed by atoms with Gasteiger partial charge in [-0.25, -0.2) is 4.98 Å². The lowest BCUT2D eigenvalue weighted by Gasteiger charge is -2.36. The van der Waals surface area contributed by atoms with Gasteiger partial charge in [0.25, 0.3) is 0 Å². The van der Waals surface area contributed by atoms with Gasteiger partial charge in [0.15, 0.2) is 0 Å². The number of aryl methyl sites for hydroxylation is 2. The number of hydrogen-bond acceptors (Lipinski definition) is 4. The quantitative estimate of drug-likeness (QED) is 0.627. The highest BCUT2D eigenvalue weighted by atomic mass is 32.1. The summed E-state index contributed by atoms with van der Waals surface area (Å²) in [5, 5.41) is 1.24. The third kappa shape index (κ3) is 4.05. The van der Waals surface area contributed by atoms with Crippen molar-refractivity contribution in [1.29, 1.82) is 0 Å². The molecule has 2 aliphatic rings. The second kappa shape index (κ2) is 8.70. The highest BCUT2D eigenvalue weighted by molar-refractivity contribution is 7.11. The monoisotopic (exact) mass is 417 g/mol. The zero-order chi connectivity index (χ0) is 20.3. The van der Waals surface area contributed by atoms with E-state index in [9.17, 15) is 4.79 Å². The molecular formula is C25H27N3OS. The number of amides is 1. The molecule has 0 saturated carbocycles. The van der Waals surface area contributed by atoms with Crippen molar-refractivity contribution in [3.8, 4) is 0 Å². The molecule has 0 unspecified atom stereocenters. The first-order valence-corrected chi connectivity index (χ1v) is 11.7. The first-order chi connectivity index (χ1) is 14.8. The number of benzene rings is 2. The van der Waals surface area contributed by atoms with Crippen molar-refractivity contribution in [2.24, 2.45) is 0 Å². The van der Waals surface area contributed by atoms with Gasteiger partial charge in [0, 0.05) is 31.1 Å². The maximum absolute atomic E-state index is 13.6. The van der Waals surface area contributed by atoms with E-state index in [-0.39, 0.29) is 11.8 Å². The normalized spacial score (nSPS) is 16.8. The fraction of sp³-hybridized carbons (Fsp3) is 0.360. The fourth-order valence-corrected chi connectivity index (χ4v) is 5.78. The molecule has 1 saturated heterocycles. The van der Waals surface area contributed by atoms with Gasteiger partial charge in [-0.15, -0.1) is 11.3 Å². The van der Waals surface area contributed by atoms with Crippen LogP contribution in [0.5, 0.6) is 0 Å². The summed E-state index contributed by atoms with van der Waals surface area (Å²) in [6.07, 6.45) is 3.61. The smallest absolute Gasteiger partial charge is 0.234 e. The number of carbonyl (C=O) groups excluding carboxylic acids is 1. The van der Waals surface area contributed by atoms with Crippen molar-refractivity contribution < 1.29 is 4.79 Å². The Hall–Kier alpha value is -2.50. The first kappa shape index (κ1) is 19.5. The first-order valence-electron chi connectivity index (χ1n) is 10.9. The standard InChI is InChI=1S/C25H27N3OS/c29-25(24(19-8-3-1-4-9-19)20-10-5-2-6-11-20)28-16-14-27(15-17-28)18-23-26-21-12-7-13-22(21)30-23/h1-6,8-11,24H,7,12-18H2. The molecule has 2 aromatic carbocycles. The fourth-order valence-electron chi connectivity index (χ4n) is 4.58. The van der Waals surface area contributed by atoms with Gasteiger partial charge in [-0.05, 0) is 30.4 Å². The average Bonchev–Trinajstić information content (AvgIpc) is 3.38. The highest BCUT2D eigenvalue weighted by Gasteiger charge is 2.30. The van der Waals surface area contributed by atoms with Gasteiger partial charge < -0.3 is 4.90 Å². The van der Waals surface area contributed by atoms with E-state index in [1.165, 1.54) is 28.4 Å². The third-order valence-electron chi connectivity index (χ3n) is 6.20. The molecule has 0 bridgehead atoms. The molecule has 3 aromatic rings. The Morgan fingerprint density at radius 2 is 1.53 bits per heavy atom. The molecular weight excluding hydrogens is 390 g/mol. The molecule has 0 atom stereocenters. The summed E-state index contributed by atoms with van der Waals surface area (Å²) in [6, 6.07) is 20.3. The SMILES string of the molecule is O=C(C(c1ccccc1)c1ccccc1)N1CCN(Cc2nc3c(s2)CCC3)CC1. The Labute approximate surface area is 182 Å². The number of thiazole rings is 1. The van der Waals surface area contributed by atoms with Crippen LogP contribution in [-0.4, -0.2) is 46.9 Å². The highest BCUT2D eigenvalue weighted by Crippen LogP contribution is 2.29. The van der Waals surface area contributed by atoms with Gasteiger partial charge in [-0.1, -0.05) is 60.7 Å². The number of piperazine rings is 1. The maximum atomic E-state index is 13.6. The van der Waals surface area contributed by atoms with Crippen molar-refractivity contribution in [3.63, 3.8) is 0 Å². The molecule has 1 aliphatic heterocycles. The van der Waals surface area contributed by atoms with Crippen LogP contribution >= 0.6 is 11.3 Å². The van der Waals surface area contributed by atoms with Crippen LogP contribution < -0.4 is 0 Å². The summed E-state index contributed by atoms with van der Waals surface area (Å²) in [4.78, 5) is 24.4. The lowest BCUT2D eigenvalue weighted by atomic mass is 9.90. The number of carbonyl (C=O) groups is 1. The summed E-state index contributed by atoms with van der Waals surface area (Å²) >= 11 is 1.89. The van der Waals surface area contributed by atoms with E-state index < -0.39 is 0 Å². The minimum Gasteiger partial charge on any atom is -0.339 e. The van der Waals surface area contributed by atoms with Gasteiger partial charge in [0.1, 0.15) is 5.01 Å². The van der Waals surface area contributed by atoms with E-state index >= 15 is 0 Å². The maximum Gasteiger partial charge on any atom is 0.234 e. The predicted molar refractivity (Wildman–Crippen MR) is 121 cm³/mol. The zero-order valence-electron chi connectivity index (χ0n) is 17.2. The van der Waals surface area contributed by atoms with Crippen LogP contribution in [0.1, 0.15) is 39.0 Å². The number of nitrogens with zero attached hydrogens (tertiary/aromatic N) is 3. The van der Waals surface area contributed by atoms with Gasteiger partial charge in [0.05, 0.1) is 18.2 Å². The summed E-state index contributed by atoms with van der Waals surface area (Å²) in [7, 11) is 0. The number of rotatable bonds is 5. The van der Waals surface area contributed by atoms with Crippen molar-refractivity contribution in [3.05, 3.63) is 87.4 Å². The van der Waals surface area contributed by atoms with Crippen molar-refractivity contribution in [2.75, 3.05) is 26.2 Å².